The number of hydrogen-bond donors (Lipinski definition) is 2. The van der Waals surface area contributed by atoms with Gasteiger partial charge in [0.15, 0.2) is 0 Å². The lowest BCUT2D eigenvalue weighted by Crippen LogP contribution is -2.58. The molecule has 6 heteroatoms. The van der Waals surface area contributed by atoms with Crippen molar-refractivity contribution in [1.82, 2.24) is 5.32 Å². The molecule has 88 valence electrons. The van der Waals surface area contributed by atoms with Crippen molar-refractivity contribution in [3.05, 3.63) is 0 Å². The zero-order chi connectivity index (χ0) is 11.7. The fourth-order valence-electron chi connectivity index (χ4n) is 1.86. The fraction of sp³-hybridized carbons (Fsp3) is 0.889. The highest BCUT2D eigenvalue weighted by Gasteiger charge is 2.43. The number of aliphatic carboxylic acids is 1. The summed E-state index contributed by atoms with van der Waals surface area (Å²) in [5.41, 5.74) is -1.06. The van der Waals surface area contributed by atoms with Gasteiger partial charge in [0.1, 0.15) is 15.4 Å². The highest BCUT2D eigenvalue weighted by atomic mass is 32.2. The van der Waals surface area contributed by atoms with Gasteiger partial charge in [0.25, 0.3) is 0 Å². The van der Waals surface area contributed by atoms with E-state index in [0.717, 1.165) is 0 Å². The summed E-state index contributed by atoms with van der Waals surface area (Å²) in [7, 11) is -3.03. The molecule has 0 spiro atoms. The maximum absolute atomic E-state index is 11.2. The minimum Gasteiger partial charge on any atom is -0.480 e. The van der Waals surface area contributed by atoms with Gasteiger partial charge in [0.05, 0.1) is 11.5 Å². The predicted molar refractivity (Wildman–Crippen MR) is 56.5 cm³/mol. The Morgan fingerprint density at radius 3 is 2.13 bits per heavy atom. The first-order chi connectivity index (χ1) is 6.77. The van der Waals surface area contributed by atoms with Crippen molar-refractivity contribution in [3.8, 4) is 0 Å². The Kier molecular flexibility index (Phi) is 3.40. The zero-order valence-corrected chi connectivity index (χ0v) is 9.80. The van der Waals surface area contributed by atoms with Gasteiger partial charge in [-0.3, -0.25) is 10.1 Å². The molecule has 1 heterocycles. The van der Waals surface area contributed by atoms with Gasteiger partial charge in [-0.15, -0.1) is 0 Å². The number of hydrogen-bond acceptors (Lipinski definition) is 4. The number of carbonyl (C=O) groups is 1. The molecular formula is C9H17NO4S. The molecule has 0 radical (unpaired) electrons. The van der Waals surface area contributed by atoms with Crippen LogP contribution in [0, 0.1) is 0 Å². The van der Waals surface area contributed by atoms with E-state index in [-0.39, 0.29) is 30.4 Å². The van der Waals surface area contributed by atoms with Crippen molar-refractivity contribution in [1.29, 1.82) is 0 Å². The van der Waals surface area contributed by atoms with Crippen LogP contribution in [0.15, 0.2) is 0 Å². The van der Waals surface area contributed by atoms with Crippen LogP contribution in [0.25, 0.3) is 0 Å². The van der Waals surface area contributed by atoms with Crippen LogP contribution >= 0.6 is 0 Å². The normalized spacial score (nSPS) is 23.9. The van der Waals surface area contributed by atoms with Crippen molar-refractivity contribution in [2.75, 3.05) is 11.5 Å². The van der Waals surface area contributed by atoms with Crippen LogP contribution in [-0.2, 0) is 14.6 Å². The van der Waals surface area contributed by atoms with Crippen molar-refractivity contribution >= 4 is 15.8 Å². The van der Waals surface area contributed by atoms with E-state index in [9.17, 15) is 13.2 Å². The van der Waals surface area contributed by atoms with Crippen LogP contribution in [0.3, 0.4) is 0 Å². The molecule has 0 unspecified atom stereocenters. The summed E-state index contributed by atoms with van der Waals surface area (Å²) in [6.45, 7) is 3.71. The molecule has 15 heavy (non-hydrogen) atoms. The second kappa shape index (κ2) is 4.09. The third kappa shape index (κ3) is 2.92. The third-order valence-corrected chi connectivity index (χ3v) is 4.31. The van der Waals surface area contributed by atoms with E-state index in [1.54, 1.807) is 0 Å². The van der Waals surface area contributed by atoms with Gasteiger partial charge in [-0.05, 0) is 26.7 Å². The quantitative estimate of drug-likeness (QED) is 0.720. The molecule has 2 N–H and O–H groups in total. The second-order valence-electron chi connectivity index (χ2n) is 4.34. The molecule has 1 fully saturated rings. The Bertz CT molecular complexity index is 333. The molecule has 0 aromatic carbocycles. The average Bonchev–Trinajstić information content (AvgIpc) is 2.08. The van der Waals surface area contributed by atoms with E-state index in [1.807, 2.05) is 13.8 Å². The topological polar surface area (TPSA) is 83.5 Å². The predicted octanol–water partition coefficient (Wildman–Crippen LogP) is 0.0164. The summed E-state index contributed by atoms with van der Waals surface area (Å²) in [6.07, 6.45) is 0.311. The first kappa shape index (κ1) is 12.4. The summed E-state index contributed by atoms with van der Waals surface area (Å²) in [6, 6.07) is 0.0295. The monoisotopic (exact) mass is 235 g/mol. The average molecular weight is 235 g/mol. The summed E-state index contributed by atoms with van der Waals surface area (Å²) < 4.78 is 22.5. The maximum atomic E-state index is 11.2. The molecule has 5 nitrogen and oxygen atoms in total. The highest BCUT2D eigenvalue weighted by Crippen LogP contribution is 2.24. The van der Waals surface area contributed by atoms with E-state index in [1.165, 1.54) is 0 Å². The summed E-state index contributed by atoms with van der Waals surface area (Å²) in [4.78, 5) is 11.2. The smallest absolute Gasteiger partial charge is 0.323 e. The molecular weight excluding hydrogens is 218 g/mol. The lowest BCUT2D eigenvalue weighted by Gasteiger charge is -2.35. The lowest BCUT2D eigenvalue weighted by molar-refractivity contribution is -0.145. The van der Waals surface area contributed by atoms with E-state index >= 15 is 0 Å². The van der Waals surface area contributed by atoms with Gasteiger partial charge >= 0.3 is 5.97 Å². The van der Waals surface area contributed by atoms with Crippen molar-refractivity contribution < 1.29 is 18.3 Å². The summed E-state index contributed by atoms with van der Waals surface area (Å²) in [5.74, 6) is -1.04. The Morgan fingerprint density at radius 2 is 1.80 bits per heavy atom. The van der Waals surface area contributed by atoms with E-state index in [0.29, 0.717) is 0 Å². The van der Waals surface area contributed by atoms with E-state index < -0.39 is 21.3 Å². The molecule has 1 aliphatic rings. The number of nitrogens with one attached hydrogen (secondary N) is 1. The Morgan fingerprint density at radius 1 is 1.33 bits per heavy atom. The van der Waals surface area contributed by atoms with Crippen molar-refractivity contribution in [3.63, 3.8) is 0 Å². The van der Waals surface area contributed by atoms with E-state index in [2.05, 4.69) is 5.32 Å². The Hall–Kier alpha value is -0.620. The summed E-state index contributed by atoms with van der Waals surface area (Å²) in [5, 5.41) is 12.1. The highest BCUT2D eigenvalue weighted by molar-refractivity contribution is 7.91. The molecule has 0 saturated carbocycles. The SMILES string of the molecule is CC(C)NC1(C(=O)O)CCS(=O)(=O)CC1. The van der Waals surface area contributed by atoms with Crippen molar-refractivity contribution in [2.24, 2.45) is 0 Å². The number of sulfone groups is 1. The minimum atomic E-state index is -3.03. The van der Waals surface area contributed by atoms with Gasteiger partial charge in [0.2, 0.25) is 0 Å². The number of carboxylic acid groups (broad SMARTS) is 1. The first-order valence-corrected chi connectivity index (χ1v) is 6.81. The van der Waals surface area contributed by atoms with Gasteiger partial charge in [0, 0.05) is 6.04 Å². The molecule has 1 saturated heterocycles. The lowest BCUT2D eigenvalue weighted by atomic mass is 9.91. The molecule has 0 amide bonds. The molecule has 1 rings (SSSR count). The van der Waals surface area contributed by atoms with Crippen LogP contribution in [0.5, 0.6) is 0 Å². The first-order valence-electron chi connectivity index (χ1n) is 4.99. The second-order valence-corrected chi connectivity index (χ2v) is 6.64. The Balaban J connectivity index is 2.82. The molecule has 0 atom stereocenters. The van der Waals surface area contributed by atoms with Gasteiger partial charge < -0.3 is 5.11 Å². The van der Waals surface area contributed by atoms with Crippen molar-refractivity contribution in [2.45, 2.75) is 38.3 Å². The molecule has 0 aliphatic carbocycles. The number of rotatable bonds is 3. The van der Waals surface area contributed by atoms with Crippen LogP contribution in [-0.4, -0.2) is 42.6 Å². The Labute approximate surface area is 89.8 Å². The standard InChI is InChI=1S/C9H17NO4S/c1-7(2)10-9(8(11)12)3-5-15(13,14)6-4-9/h7,10H,3-6H2,1-2H3,(H,11,12). The van der Waals surface area contributed by atoms with Gasteiger partial charge in [-0.25, -0.2) is 8.42 Å². The zero-order valence-electron chi connectivity index (χ0n) is 8.99. The van der Waals surface area contributed by atoms with Crippen LogP contribution in [0.4, 0.5) is 0 Å². The molecule has 0 aromatic rings. The molecule has 0 aromatic heterocycles. The van der Waals surface area contributed by atoms with Crippen LogP contribution < -0.4 is 5.32 Å². The molecule has 0 bridgehead atoms. The third-order valence-electron chi connectivity index (χ3n) is 2.65. The van der Waals surface area contributed by atoms with Crippen LogP contribution in [0.1, 0.15) is 26.7 Å². The molecule has 1 aliphatic heterocycles. The maximum Gasteiger partial charge on any atom is 0.323 e. The van der Waals surface area contributed by atoms with Crippen LogP contribution in [0.2, 0.25) is 0 Å². The largest absolute Gasteiger partial charge is 0.480 e. The fourth-order valence-corrected chi connectivity index (χ4v) is 3.38. The van der Waals surface area contributed by atoms with Gasteiger partial charge in [-0.2, -0.15) is 0 Å². The number of carboxylic acids is 1. The summed E-state index contributed by atoms with van der Waals surface area (Å²) >= 11 is 0. The minimum absolute atomic E-state index is 0.0295. The van der Waals surface area contributed by atoms with Gasteiger partial charge in [-0.1, -0.05) is 0 Å². The van der Waals surface area contributed by atoms with E-state index in [4.69, 9.17) is 5.11 Å².